The van der Waals surface area contributed by atoms with E-state index in [2.05, 4.69) is 33.3 Å². The summed E-state index contributed by atoms with van der Waals surface area (Å²) in [6.07, 6.45) is 11.5. The Bertz CT molecular complexity index is 574. The summed E-state index contributed by atoms with van der Waals surface area (Å²) in [7, 11) is 2.08. The monoisotopic (exact) mass is 329 g/mol. The first kappa shape index (κ1) is 16.9. The average molecular weight is 329 g/mol. The highest BCUT2D eigenvalue weighted by molar-refractivity contribution is 5.74. The number of nitrogens with one attached hydrogen (secondary N) is 1. The highest BCUT2D eigenvalue weighted by Gasteiger charge is 2.29. The number of carbonyl (C=O) groups excluding carboxylic acids is 1. The van der Waals surface area contributed by atoms with Gasteiger partial charge in [-0.05, 0) is 45.2 Å². The molecule has 1 aliphatic carbocycles. The maximum absolute atomic E-state index is 12.3. The van der Waals surface area contributed by atoms with E-state index < -0.39 is 0 Å². The van der Waals surface area contributed by atoms with Gasteiger partial charge in [-0.15, -0.1) is 0 Å². The van der Waals surface area contributed by atoms with Crippen molar-refractivity contribution in [2.24, 2.45) is 0 Å². The standard InChI is InChI=1S/C18H27N5O/c1-22(14-17-19-9-4-10-20-17)16-8-12-23(13-16)18(24)21-11-7-15-5-2-3-6-15/h4-5,9-10,16H,2-3,6-8,11-14H2,1H3,(H,21,24). The van der Waals surface area contributed by atoms with Crippen molar-refractivity contribution in [3.63, 3.8) is 0 Å². The van der Waals surface area contributed by atoms with Crippen molar-refractivity contribution in [2.45, 2.75) is 44.7 Å². The molecule has 1 N–H and O–H groups in total. The Labute approximate surface area is 144 Å². The second-order valence-corrected chi connectivity index (χ2v) is 6.71. The quantitative estimate of drug-likeness (QED) is 0.813. The minimum absolute atomic E-state index is 0.0699. The van der Waals surface area contributed by atoms with Crippen LogP contribution in [-0.4, -0.2) is 58.5 Å². The van der Waals surface area contributed by atoms with Crippen LogP contribution < -0.4 is 5.32 Å². The molecule has 6 heteroatoms. The molecule has 1 aromatic heterocycles. The highest BCUT2D eigenvalue weighted by Crippen LogP contribution is 2.20. The topological polar surface area (TPSA) is 61.4 Å². The van der Waals surface area contributed by atoms with E-state index in [1.807, 2.05) is 11.0 Å². The van der Waals surface area contributed by atoms with Crippen molar-refractivity contribution < 1.29 is 4.79 Å². The Morgan fingerprint density at radius 3 is 3.00 bits per heavy atom. The molecular formula is C18H27N5O. The summed E-state index contributed by atoms with van der Waals surface area (Å²) in [5.74, 6) is 0.827. The lowest BCUT2D eigenvalue weighted by molar-refractivity contribution is 0.196. The largest absolute Gasteiger partial charge is 0.338 e. The van der Waals surface area contributed by atoms with E-state index in [1.165, 1.54) is 24.8 Å². The number of nitrogens with zero attached hydrogens (tertiary/aromatic N) is 4. The van der Waals surface area contributed by atoms with Gasteiger partial charge in [0.05, 0.1) is 6.54 Å². The zero-order valence-electron chi connectivity index (χ0n) is 14.4. The van der Waals surface area contributed by atoms with Gasteiger partial charge in [-0.25, -0.2) is 14.8 Å². The lowest BCUT2D eigenvalue weighted by atomic mass is 10.2. The third kappa shape index (κ3) is 4.54. The molecule has 130 valence electrons. The van der Waals surface area contributed by atoms with Crippen molar-refractivity contribution in [3.8, 4) is 0 Å². The molecule has 24 heavy (non-hydrogen) atoms. The number of hydrogen-bond acceptors (Lipinski definition) is 4. The number of likely N-dealkylation sites (tertiary alicyclic amines) is 1. The van der Waals surface area contributed by atoms with Gasteiger partial charge >= 0.3 is 6.03 Å². The lowest BCUT2D eigenvalue weighted by Gasteiger charge is -2.24. The van der Waals surface area contributed by atoms with Crippen LogP contribution in [-0.2, 0) is 6.54 Å². The zero-order valence-corrected chi connectivity index (χ0v) is 14.4. The molecule has 0 spiro atoms. The molecule has 0 radical (unpaired) electrons. The van der Waals surface area contributed by atoms with Gasteiger partial charge in [0, 0.05) is 38.1 Å². The molecule has 6 nitrogen and oxygen atoms in total. The van der Waals surface area contributed by atoms with Crippen LogP contribution >= 0.6 is 0 Å². The second-order valence-electron chi connectivity index (χ2n) is 6.71. The van der Waals surface area contributed by atoms with Gasteiger partial charge in [0.2, 0.25) is 0 Å². The van der Waals surface area contributed by atoms with E-state index in [-0.39, 0.29) is 6.03 Å². The maximum atomic E-state index is 12.3. The number of carbonyl (C=O) groups is 1. The normalized spacial score (nSPS) is 20.5. The van der Waals surface area contributed by atoms with Crippen molar-refractivity contribution in [1.82, 2.24) is 25.1 Å². The van der Waals surface area contributed by atoms with Gasteiger partial charge in [0.25, 0.3) is 0 Å². The number of aromatic nitrogens is 2. The maximum Gasteiger partial charge on any atom is 0.317 e. The molecule has 2 amide bonds. The SMILES string of the molecule is CN(Cc1ncccn1)C1CCN(C(=O)NCCC2=CCCC2)C1. The van der Waals surface area contributed by atoms with Crippen LogP contribution in [0.1, 0.15) is 37.9 Å². The molecule has 1 aromatic rings. The third-order valence-electron chi connectivity index (χ3n) is 4.94. The highest BCUT2D eigenvalue weighted by atomic mass is 16.2. The fraction of sp³-hybridized carbons (Fsp3) is 0.611. The molecule has 3 rings (SSSR count). The Kier molecular flexibility index (Phi) is 5.80. The first-order chi connectivity index (χ1) is 11.7. The van der Waals surface area contributed by atoms with Crippen molar-refractivity contribution in [3.05, 3.63) is 35.9 Å². The van der Waals surface area contributed by atoms with Gasteiger partial charge in [-0.3, -0.25) is 4.90 Å². The number of likely N-dealkylation sites (N-methyl/N-ethyl adjacent to an activating group) is 1. The van der Waals surface area contributed by atoms with Gasteiger partial charge < -0.3 is 10.2 Å². The molecule has 1 saturated heterocycles. The lowest BCUT2D eigenvalue weighted by Crippen LogP contribution is -2.41. The Balaban J connectivity index is 1.40. The Morgan fingerprint density at radius 2 is 2.25 bits per heavy atom. The van der Waals surface area contributed by atoms with Crippen LogP contribution in [0.5, 0.6) is 0 Å². The molecular weight excluding hydrogens is 302 g/mol. The minimum atomic E-state index is 0.0699. The van der Waals surface area contributed by atoms with E-state index in [0.29, 0.717) is 6.04 Å². The minimum Gasteiger partial charge on any atom is -0.338 e. The number of allylic oxidation sites excluding steroid dienone is 1. The van der Waals surface area contributed by atoms with Crippen LogP contribution in [0, 0.1) is 0 Å². The van der Waals surface area contributed by atoms with E-state index in [0.717, 1.165) is 44.8 Å². The van der Waals surface area contributed by atoms with Crippen LogP contribution in [0.25, 0.3) is 0 Å². The number of urea groups is 1. The molecule has 1 fully saturated rings. The van der Waals surface area contributed by atoms with Crippen molar-refractivity contribution in [1.29, 1.82) is 0 Å². The van der Waals surface area contributed by atoms with Crippen molar-refractivity contribution in [2.75, 3.05) is 26.7 Å². The molecule has 2 heterocycles. The summed E-state index contributed by atoms with van der Waals surface area (Å²) in [6, 6.07) is 2.27. The average Bonchev–Trinajstić information content (AvgIpc) is 3.27. The van der Waals surface area contributed by atoms with Crippen LogP contribution in [0.3, 0.4) is 0 Å². The van der Waals surface area contributed by atoms with Gasteiger partial charge in [-0.1, -0.05) is 11.6 Å². The Hall–Kier alpha value is -1.95. The fourth-order valence-electron chi connectivity index (χ4n) is 3.46. The predicted molar refractivity (Wildman–Crippen MR) is 93.4 cm³/mol. The van der Waals surface area contributed by atoms with Gasteiger partial charge in [0.1, 0.15) is 5.82 Å². The second kappa shape index (κ2) is 8.24. The zero-order chi connectivity index (χ0) is 16.8. The number of hydrogen-bond donors (Lipinski definition) is 1. The van der Waals surface area contributed by atoms with Crippen LogP contribution in [0.15, 0.2) is 30.1 Å². The van der Waals surface area contributed by atoms with Gasteiger partial charge in [0.15, 0.2) is 0 Å². The summed E-state index contributed by atoms with van der Waals surface area (Å²) in [5, 5.41) is 3.06. The summed E-state index contributed by atoms with van der Waals surface area (Å²) in [4.78, 5) is 25.0. The molecule has 0 bridgehead atoms. The molecule has 2 aliphatic rings. The summed E-state index contributed by atoms with van der Waals surface area (Å²) in [6.45, 7) is 3.06. The fourth-order valence-corrected chi connectivity index (χ4v) is 3.46. The molecule has 0 aromatic carbocycles. The molecule has 1 unspecified atom stereocenters. The van der Waals surface area contributed by atoms with Crippen molar-refractivity contribution >= 4 is 6.03 Å². The number of rotatable bonds is 6. The van der Waals surface area contributed by atoms with Crippen LogP contribution in [0.4, 0.5) is 4.79 Å². The summed E-state index contributed by atoms with van der Waals surface area (Å²) < 4.78 is 0. The molecule has 1 atom stereocenters. The van der Waals surface area contributed by atoms with E-state index in [1.54, 1.807) is 12.4 Å². The predicted octanol–water partition coefficient (Wildman–Crippen LogP) is 2.19. The first-order valence-corrected chi connectivity index (χ1v) is 8.89. The smallest absolute Gasteiger partial charge is 0.317 e. The van der Waals surface area contributed by atoms with Crippen LogP contribution in [0.2, 0.25) is 0 Å². The van der Waals surface area contributed by atoms with Gasteiger partial charge in [-0.2, -0.15) is 0 Å². The van der Waals surface area contributed by atoms with E-state index >= 15 is 0 Å². The summed E-state index contributed by atoms with van der Waals surface area (Å²) in [5.41, 5.74) is 1.50. The molecule has 0 saturated carbocycles. The van der Waals surface area contributed by atoms with E-state index in [9.17, 15) is 4.79 Å². The Morgan fingerprint density at radius 1 is 1.42 bits per heavy atom. The summed E-state index contributed by atoms with van der Waals surface area (Å²) >= 11 is 0. The third-order valence-corrected chi connectivity index (χ3v) is 4.94. The first-order valence-electron chi connectivity index (χ1n) is 8.89. The molecule has 1 aliphatic heterocycles. The van der Waals surface area contributed by atoms with E-state index in [4.69, 9.17) is 0 Å². The number of amides is 2.